The molecule has 0 amide bonds. The molecule has 1 aliphatic heterocycles. The van der Waals surface area contributed by atoms with Gasteiger partial charge in [-0.05, 0) is 54.7 Å². The molecule has 1 N–H and O–H groups in total. The van der Waals surface area contributed by atoms with Crippen LogP contribution in [0.25, 0.3) is 6.08 Å². The first-order chi connectivity index (χ1) is 18.6. The normalized spacial score (nSPS) is 15.1. The van der Waals surface area contributed by atoms with Crippen LogP contribution in [0.5, 0.6) is 11.5 Å². The largest absolute Gasteiger partial charge is 0.493 e. The van der Waals surface area contributed by atoms with Crippen molar-refractivity contribution in [3.8, 4) is 11.5 Å². The molecular formula is C29H30N2O7S. The Kier molecular flexibility index (Phi) is 8.35. The number of thiazole rings is 1. The van der Waals surface area contributed by atoms with Gasteiger partial charge in [0.05, 0.1) is 35.6 Å². The molecule has 1 aliphatic rings. The summed E-state index contributed by atoms with van der Waals surface area (Å²) in [6.45, 7) is 7.39. The standard InChI is InChI=1S/C29H30N2O7S/c1-6-37-28(35)25-17(4)30-29-31(26(25)20-10-8-19(9-11-20)16(2)3)27(34)23(39-29)14-18-7-12-21(22(13-18)36-5)38-15-24(32)33/h7-14,16,26H,6,15H2,1-5H3,(H,32,33)/b23-14+/t26-/m1/s1. The van der Waals surface area contributed by atoms with E-state index in [9.17, 15) is 14.4 Å². The molecule has 0 unspecified atom stereocenters. The van der Waals surface area contributed by atoms with Crippen LogP contribution in [0.2, 0.25) is 0 Å². The van der Waals surface area contributed by atoms with E-state index in [0.29, 0.717) is 37.8 Å². The molecule has 10 heteroatoms. The minimum atomic E-state index is -1.10. The van der Waals surface area contributed by atoms with Gasteiger partial charge < -0.3 is 19.3 Å². The lowest BCUT2D eigenvalue weighted by Crippen LogP contribution is -2.39. The van der Waals surface area contributed by atoms with E-state index >= 15 is 0 Å². The lowest BCUT2D eigenvalue weighted by atomic mass is 9.93. The summed E-state index contributed by atoms with van der Waals surface area (Å²) < 4.78 is 17.9. The molecular weight excluding hydrogens is 520 g/mol. The van der Waals surface area contributed by atoms with Crippen molar-refractivity contribution in [3.05, 3.63) is 90.1 Å². The molecule has 2 heterocycles. The smallest absolute Gasteiger partial charge is 0.341 e. The zero-order chi connectivity index (χ0) is 28.3. The van der Waals surface area contributed by atoms with E-state index in [0.717, 1.165) is 11.1 Å². The van der Waals surface area contributed by atoms with E-state index in [1.807, 2.05) is 24.3 Å². The van der Waals surface area contributed by atoms with Crippen molar-refractivity contribution in [1.82, 2.24) is 4.57 Å². The third kappa shape index (κ3) is 5.80. The summed E-state index contributed by atoms with van der Waals surface area (Å²) in [5.41, 5.74) is 3.12. The van der Waals surface area contributed by atoms with Gasteiger partial charge in [-0.3, -0.25) is 9.36 Å². The minimum absolute atomic E-state index is 0.201. The first-order valence-corrected chi connectivity index (χ1v) is 13.3. The number of rotatable bonds is 9. The average molecular weight is 551 g/mol. The second kappa shape index (κ2) is 11.7. The number of aromatic nitrogens is 1. The molecule has 4 rings (SSSR count). The Hall–Kier alpha value is -4.18. The van der Waals surface area contributed by atoms with Gasteiger partial charge >= 0.3 is 11.9 Å². The molecule has 0 radical (unpaired) electrons. The van der Waals surface area contributed by atoms with Gasteiger partial charge in [0.25, 0.3) is 5.56 Å². The summed E-state index contributed by atoms with van der Waals surface area (Å²) in [4.78, 5) is 42.8. The Labute approximate surface area is 229 Å². The first-order valence-electron chi connectivity index (χ1n) is 12.5. The Morgan fingerprint density at radius 1 is 1.15 bits per heavy atom. The Bertz CT molecular complexity index is 1610. The van der Waals surface area contributed by atoms with Crippen LogP contribution in [0.15, 0.2) is 63.5 Å². The maximum absolute atomic E-state index is 13.8. The molecule has 0 saturated heterocycles. The van der Waals surface area contributed by atoms with Crippen LogP contribution < -0.4 is 24.4 Å². The molecule has 0 aliphatic carbocycles. The molecule has 1 aromatic heterocycles. The highest BCUT2D eigenvalue weighted by Crippen LogP contribution is 2.32. The maximum Gasteiger partial charge on any atom is 0.341 e. The van der Waals surface area contributed by atoms with Gasteiger partial charge in [-0.25, -0.2) is 14.6 Å². The van der Waals surface area contributed by atoms with Crippen molar-refractivity contribution >= 4 is 29.4 Å². The lowest BCUT2D eigenvalue weighted by molar-refractivity contribution is -0.140. The second-order valence-corrected chi connectivity index (χ2v) is 10.2. The molecule has 3 aromatic rings. The number of carboxylic acids is 1. The number of esters is 1. The summed E-state index contributed by atoms with van der Waals surface area (Å²) in [5.74, 6) is -0.666. The third-order valence-electron chi connectivity index (χ3n) is 6.27. The minimum Gasteiger partial charge on any atom is -0.493 e. The molecule has 2 aromatic carbocycles. The van der Waals surface area contributed by atoms with Crippen LogP contribution in [0.1, 0.15) is 56.3 Å². The van der Waals surface area contributed by atoms with Crippen molar-refractivity contribution < 1.29 is 28.9 Å². The van der Waals surface area contributed by atoms with Gasteiger partial charge in [0.2, 0.25) is 0 Å². The number of aliphatic carboxylic acids is 1. The number of carbonyl (C=O) groups excluding carboxylic acids is 1. The number of carbonyl (C=O) groups is 2. The maximum atomic E-state index is 13.8. The van der Waals surface area contributed by atoms with Gasteiger partial charge in [-0.15, -0.1) is 0 Å². The van der Waals surface area contributed by atoms with Crippen LogP contribution in [0.3, 0.4) is 0 Å². The molecule has 0 fully saturated rings. The number of methoxy groups -OCH3 is 1. The Morgan fingerprint density at radius 3 is 2.49 bits per heavy atom. The van der Waals surface area contributed by atoms with E-state index in [4.69, 9.17) is 19.3 Å². The number of carboxylic acid groups (broad SMARTS) is 1. The fourth-order valence-electron chi connectivity index (χ4n) is 4.35. The number of hydrogen-bond acceptors (Lipinski definition) is 8. The predicted molar refractivity (Wildman–Crippen MR) is 147 cm³/mol. The van der Waals surface area contributed by atoms with Crippen molar-refractivity contribution in [2.45, 2.75) is 39.7 Å². The Morgan fingerprint density at radius 2 is 1.87 bits per heavy atom. The summed E-state index contributed by atoms with van der Waals surface area (Å²) >= 11 is 1.22. The number of hydrogen-bond donors (Lipinski definition) is 1. The summed E-state index contributed by atoms with van der Waals surface area (Å²) in [6, 6.07) is 12.2. The molecule has 0 bridgehead atoms. The van der Waals surface area contributed by atoms with Crippen LogP contribution in [-0.2, 0) is 14.3 Å². The molecule has 204 valence electrons. The molecule has 0 saturated carbocycles. The van der Waals surface area contributed by atoms with E-state index in [1.54, 1.807) is 42.7 Å². The van der Waals surface area contributed by atoms with Crippen LogP contribution in [0.4, 0.5) is 0 Å². The topological polar surface area (TPSA) is 116 Å². The average Bonchev–Trinajstić information content (AvgIpc) is 3.21. The molecule has 39 heavy (non-hydrogen) atoms. The van der Waals surface area contributed by atoms with Gasteiger partial charge in [-0.2, -0.15) is 0 Å². The molecule has 0 spiro atoms. The second-order valence-electron chi connectivity index (χ2n) is 9.22. The Balaban J connectivity index is 1.85. The third-order valence-corrected chi connectivity index (χ3v) is 7.26. The van der Waals surface area contributed by atoms with Crippen LogP contribution in [0, 0.1) is 0 Å². The van der Waals surface area contributed by atoms with Crippen molar-refractivity contribution in [2.75, 3.05) is 20.3 Å². The SMILES string of the molecule is CCOC(=O)C1=C(C)N=c2s/c(=C/c3ccc(OCC(=O)O)c(OC)c3)c(=O)n2[C@@H]1c1ccc(C(C)C)cc1. The quantitative estimate of drug-likeness (QED) is 0.406. The highest BCUT2D eigenvalue weighted by Gasteiger charge is 2.33. The van der Waals surface area contributed by atoms with E-state index in [2.05, 4.69) is 18.8 Å². The monoisotopic (exact) mass is 550 g/mol. The highest BCUT2D eigenvalue weighted by molar-refractivity contribution is 7.07. The fraction of sp³-hybridized carbons (Fsp3) is 0.310. The van der Waals surface area contributed by atoms with Crippen molar-refractivity contribution in [2.24, 2.45) is 4.99 Å². The van der Waals surface area contributed by atoms with Gasteiger partial charge in [0.15, 0.2) is 22.9 Å². The van der Waals surface area contributed by atoms with Gasteiger partial charge in [-0.1, -0.05) is 55.5 Å². The predicted octanol–water partition coefficient (Wildman–Crippen LogP) is 3.39. The van der Waals surface area contributed by atoms with E-state index < -0.39 is 24.6 Å². The molecule has 9 nitrogen and oxygen atoms in total. The number of allylic oxidation sites excluding steroid dienone is 1. The first kappa shape index (κ1) is 27.8. The zero-order valence-electron chi connectivity index (χ0n) is 22.4. The summed E-state index contributed by atoms with van der Waals surface area (Å²) in [6.07, 6.45) is 1.70. The fourth-order valence-corrected chi connectivity index (χ4v) is 5.40. The van der Waals surface area contributed by atoms with E-state index in [-0.39, 0.29) is 17.9 Å². The zero-order valence-corrected chi connectivity index (χ0v) is 23.2. The van der Waals surface area contributed by atoms with Gasteiger partial charge in [0.1, 0.15) is 0 Å². The number of benzene rings is 2. The summed E-state index contributed by atoms with van der Waals surface area (Å²) in [7, 11) is 1.45. The number of fused-ring (bicyclic) bond motifs is 1. The van der Waals surface area contributed by atoms with Crippen LogP contribution in [-0.4, -0.2) is 41.9 Å². The van der Waals surface area contributed by atoms with Crippen molar-refractivity contribution in [3.63, 3.8) is 0 Å². The molecule has 1 atom stereocenters. The lowest BCUT2D eigenvalue weighted by Gasteiger charge is -2.25. The van der Waals surface area contributed by atoms with Gasteiger partial charge in [0, 0.05) is 0 Å². The van der Waals surface area contributed by atoms with E-state index in [1.165, 1.54) is 18.4 Å². The number of nitrogens with zero attached hydrogens (tertiary/aromatic N) is 2. The van der Waals surface area contributed by atoms with Crippen molar-refractivity contribution in [1.29, 1.82) is 0 Å². The van der Waals surface area contributed by atoms with Crippen LogP contribution >= 0.6 is 11.3 Å². The highest BCUT2D eigenvalue weighted by atomic mass is 32.1. The summed E-state index contributed by atoms with van der Waals surface area (Å²) in [5, 5.41) is 8.89. The number of ether oxygens (including phenoxy) is 3.